The number of carbonyl (C=O) groups excluding carboxylic acids is 1. The van der Waals surface area contributed by atoms with Crippen molar-refractivity contribution in [1.82, 2.24) is 4.90 Å². The lowest BCUT2D eigenvalue weighted by molar-refractivity contribution is 0.102. The molecule has 0 aliphatic carbocycles. The van der Waals surface area contributed by atoms with Crippen molar-refractivity contribution in [3.8, 4) is 0 Å². The van der Waals surface area contributed by atoms with Crippen LogP contribution in [0, 0.1) is 6.92 Å². The third-order valence-corrected chi connectivity index (χ3v) is 4.13. The number of hydrogen-bond acceptors (Lipinski definition) is 2. The minimum atomic E-state index is -0.0627. The van der Waals surface area contributed by atoms with Gasteiger partial charge in [0, 0.05) is 17.8 Å². The number of carbonyl (C=O) groups is 1. The summed E-state index contributed by atoms with van der Waals surface area (Å²) in [5.41, 5.74) is 3.99. The molecule has 2 aromatic carbocycles. The Morgan fingerprint density at radius 3 is 2.27 bits per heavy atom. The quantitative estimate of drug-likeness (QED) is 0.929. The molecule has 3 rings (SSSR count). The minimum absolute atomic E-state index is 0.0627. The van der Waals surface area contributed by atoms with Crippen molar-refractivity contribution in [1.29, 1.82) is 0 Å². The van der Waals surface area contributed by atoms with E-state index >= 15 is 0 Å². The van der Waals surface area contributed by atoms with Gasteiger partial charge in [0.05, 0.1) is 0 Å². The molecule has 1 amide bonds. The van der Waals surface area contributed by atoms with Gasteiger partial charge in [-0.1, -0.05) is 29.8 Å². The Kier molecular flexibility index (Phi) is 4.54. The maximum atomic E-state index is 12.2. The zero-order valence-corrected chi connectivity index (χ0v) is 13.0. The molecule has 3 heteroatoms. The van der Waals surface area contributed by atoms with Crippen LogP contribution in [0.1, 0.15) is 34.3 Å². The van der Waals surface area contributed by atoms with Crippen LogP contribution in [0.4, 0.5) is 5.69 Å². The standard InChI is InChI=1S/C19H22N2O/c1-15-4-8-17(9-5-15)19(22)20-18-10-6-16(7-11-18)14-21-12-2-3-13-21/h4-11H,2-3,12-14H2,1H3,(H,20,22). The lowest BCUT2D eigenvalue weighted by atomic mass is 10.1. The minimum Gasteiger partial charge on any atom is -0.322 e. The molecule has 1 heterocycles. The predicted molar refractivity (Wildman–Crippen MR) is 90.1 cm³/mol. The highest BCUT2D eigenvalue weighted by atomic mass is 16.1. The number of nitrogens with zero attached hydrogens (tertiary/aromatic N) is 1. The predicted octanol–water partition coefficient (Wildman–Crippen LogP) is 3.84. The normalized spacial score (nSPS) is 15.0. The van der Waals surface area contributed by atoms with E-state index in [2.05, 4.69) is 22.3 Å². The number of likely N-dealkylation sites (tertiary alicyclic amines) is 1. The molecule has 114 valence electrons. The summed E-state index contributed by atoms with van der Waals surface area (Å²) in [6.45, 7) is 5.42. The molecule has 0 atom stereocenters. The van der Waals surface area contributed by atoms with E-state index in [0.717, 1.165) is 17.8 Å². The molecule has 1 aliphatic rings. The van der Waals surface area contributed by atoms with Gasteiger partial charge in [0.2, 0.25) is 0 Å². The van der Waals surface area contributed by atoms with Crippen LogP contribution >= 0.6 is 0 Å². The Hall–Kier alpha value is -2.13. The SMILES string of the molecule is Cc1ccc(C(=O)Nc2ccc(CN3CCCC3)cc2)cc1. The number of nitrogens with one attached hydrogen (secondary N) is 1. The zero-order valence-electron chi connectivity index (χ0n) is 13.0. The summed E-state index contributed by atoms with van der Waals surface area (Å²) >= 11 is 0. The van der Waals surface area contributed by atoms with Gasteiger partial charge in [-0.3, -0.25) is 9.69 Å². The molecule has 1 fully saturated rings. The first-order valence-electron chi connectivity index (χ1n) is 7.90. The molecular weight excluding hydrogens is 272 g/mol. The Morgan fingerprint density at radius 2 is 1.64 bits per heavy atom. The Morgan fingerprint density at radius 1 is 1.00 bits per heavy atom. The van der Waals surface area contributed by atoms with Gasteiger partial charge in [-0.15, -0.1) is 0 Å². The monoisotopic (exact) mass is 294 g/mol. The van der Waals surface area contributed by atoms with Gasteiger partial charge in [0.15, 0.2) is 0 Å². The fraction of sp³-hybridized carbons (Fsp3) is 0.316. The first kappa shape index (κ1) is 14.8. The van der Waals surface area contributed by atoms with Gasteiger partial charge in [-0.25, -0.2) is 0 Å². The summed E-state index contributed by atoms with van der Waals surface area (Å²) in [4.78, 5) is 14.6. The van der Waals surface area contributed by atoms with Gasteiger partial charge < -0.3 is 5.32 Å². The van der Waals surface area contributed by atoms with E-state index in [0.29, 0.717) is 5.56 Å². The molecule has 3 nitrogen and oxygen atoms in total. The molecular formula is C19H22N2O. The summed E-state index contributed by atoms with van der Waals surface area (Å²) in [7, 11) is 0. The Labute approximate surface area is 132 Å². The lowest BCUT2D eigenvalue weighted by Gasteiger charge is -2.14. The van der Waals surface area contributed by atoms with Gasteiger partial charge >= 0.3 is 0 Å². The highest BCUT2D eigenvalue weighted by Crippen LogP contribution is 2.16. The molecule has 0 bridgehead atoms. The second-order valence-corrected chi connectivity index (χ2v) is 6.00. The second-order valence-electron chi connectivity index (χ2n) is 6.00. The third kappa shape index (κ3) is 3.74. The fourth-order valence-electron chi connectivity index (χ4n) is 2.80. The fourth-order valence-corrected chi connectivity index (χ4v) is 2.80. The van der Waals surface area contributed by atoms with Crippen LogP contribution in [0.5, 0.6) is 0 Å². The van der Waals surface area contributed by atoms with Crippen LogP contribution in [-0.4, -0.2) is 23.9 Å². The lowest BCUT2D eigenvalue weighted by Crippen LogP contribution is -2.18. The van der Waals surface area contributed by atoms with Gasteiger partial charge in [0.25, 0.3) is 5.91 Å². The Balaban J connectivity index is 1.60. The van der Waals surface area contributed by atoms with E-state index < -0.39 is 0 Å². The first-order chi connectivity index (χ1) is 10.7. The van der Waals surface area contributed by atoms with Crippen molar-refractivity contribution < 1.29 is 4.79 Å². The average molecular weight is 294 g/mol. The van der Waals surface area contributed by atoms with E-state index in [1.807, 2.05) is 43.3 Å². The molecule has 0 aromatic heterocycles. The molecule has 22 heavy (non-hydrogen) atoms. The number of hydrogen-bond donors (Lipinski definition) is 1. The highest BCUT2D eigenvalue weighted by Gasteiger charge is 2.11. The number of benzene rings is 2. The van der Waals surface area contributed by atoms with Crippen LogP contribution in [0.3, 0.4) is 0 Å². The van der Waals surface area contributed by atoms with Crippen molar-refractivity contribution in [3.63, 3.8) is 0 Å². The van der Waals surface area contributed by atoms with Crippen LogP contribution in [-0.2, 0) is 6.54 Å². The van der Waals surface area contributed by atoms with Crippen LogP contribution in [0.15, 0.2) is 48.5 Å². The number of anilines is 1. The summed E-state index contributed by atoms with van der Waals surface area (Å²) in [6, 6.07) is 15.8. The maximum absolute atomic E-state index is 12.2. The summed E-state index contributed by atoms with van der Waals surface area (Å²) < 4.78 is 0. The topological polar surface area (TPSA) is 32.3 Å². The zero-order chi connectivity index (χ0) is 15.4. The average Bonchev–Trinajstić information content (AvgIpc) is 3.03. The number of aryl methyl sites for hydroxylation is 1. The van der Waals surface area contributed by atoms with E-state index in [1.54, 1.807) is 0 Å². The molecule has 2 aromatic rings. The van der Waals surface area contributed by atoms with Crippen molar-refractivity contribution in [3.05, 3.63) is 65.2 Å². The summed E-state index contributed by atoms with van der Waals surface area (Å²) in [5.74, 6) is -0.0627. The molecule has 1 N–H and O–H groups in total. The van der Waals surface area contributed by atoms with Gasteiger partial charge in [-0.05, 0) is 62.7 Å². The van der Waals surface area contributed by atoms with Crippen molar-refractivity contribution in [2.75, 3.05) is 18.4 Å². The van der Waals surface area contributed by atoms with E-state index in [1.165, 1.54) is 31.5 Å². The molecule has 0 saturated carbocycles. The highest BCUT2D eigenvalue weighted by molar-refractivity contribution is 6.04. The van der Waals surface area contributed by atoms with E-state index in [4.69, 9.17) is 0 Å². The third-order valence-electron chi connectivity index (χ3n) is 4.13. The number of amides is 1. The van der Waals surface area contributed by atoms with E-state index in [9.17, 15) is 4.79 Å². The summed E-state index contributed by atoms with van der Waals surface area (Å²) in [5, 5.41) is 2.95. The van der Waals surface area contributed by atoms with Crippen molar-refractivity contribution in [2.45, 2.75) is 26.3 Å². The Bertz CT molecular complexity index is 625. The van der Waals surface area contributed by atoms with Crippen molar-refractivity contribution in [2.24, 2.45) is 0 Å². The van der Waals surface area contributed by atoms with Gasteiger partial charge in [-0.2, -0.15) is 0 Å². The number of rotatable bonds is 4. The van der Waals surface area contributed by atoms with Crippen LogP contribution in [0.2, 0.25) is 0 Å². The van der Waals surface area contributed by atoms with Gasteiger partial charge in [0.1, 0.15) is 0 Å². The van der Waals surface area contributed by atoms with E-state index in [-0.39, 0.29) is 5.91 Å². The molecule has 0 spiro atoms. The molecule has 1 saturated heterocycles. The first-order valence-corrected chi connectivity index (χ1v) is 7.90. The van der Waals surface area contributed by atoms with Crippen LogP contribution < -0.4 is 5.32 Å². The van der Waals surface area contributed by atoms with Crippen LogP contribution in [0.25, 0.3) is 0 Å². The maximum Gasteiger partial charge on any atom is 0.255 e. The molecule has 1 aliphatic heterocycles. The largest absolute Gasteiger partial charge is 0.322 e. The molecule has 0 radical (unpaired) electrons. The second kappa shape index (κ2) is 6.75. The smallest absolute Gasteiger partial charge is 0.255 e. The molecule has 0 unspecified atom stereocenters. The van der Waals surface area contributed by atoms with Crippen molar-refractivity contribution >= 4 is 11.6 Å². The summed E-state index contributed by atoms with van der Waals surface area (Å²) in [6.07, 6.45) is 2.62.